The van der Waals surface area contributed by atoms with E-state index >= 15 is 0 Å². The molecule has 0 aromatic heterocycles. The molecule has 0 bridgehead atoms. The first-order chi connectivity index (χ1) is 16.6. The molecule has 1 aliphatic rings. The minimum absolute atomic E-state index is 0.0731. The molecule has 0 saturated carbocycles. The molecule has 194 valence electrons. The molecule has 0 spiro atoms. The third kappa shape index (κ3) is 10.2. The number of hydrogen-bond acceptors (Lipinski definition) is 7. The molecule has 2 rings (SSSR count). The molecule has 1 fully saturated rings. The van der Waals surface area contributed by atoms with Crippen molar-refractivity contribution in [2.75, 3.05) is 32.8 Å². The van der Waals surface area contributed by atoms with Gasteiger partial charge in [0.1, 0.15) is 18.2 Å². The molecule has 1 N–H and O–H groups in total. The van der Waals surface area contributed by atoms with E-state index in [1.807, 2.05) is 30.3 Å². The van der Waals surface area contributed by atoms with Crippen LogP contribution in [0.3, 0.4) is 0 Å². The van der Waals surface area contributed by atoms with Crippen molar-refractivity contribution in [1.29, 1.82) is 0 Å². The smallest absolute Gasteiger partial charge is 0.409 e. The number of nitrogens with one attached hydrogen (secondary N) is 1. The Balaban J connectivity index is 1.95. The van der Waals surface area contributed by atoms with Crippen LogP contribution in [0, 0.1) is 0 Å². The van der Waals surface area contributed by atoms with E-state index in [2.05, 4.69) is 5.32 Å². The monoisotopic (exact) mass is 491 g/mol. The van der Waals surface area contributed by atoms with Gasteiger partial charge in [-0.15, -0.1) is 0 Å². The summed E-state index contributed by atoms with van der Waals surface area (Å²) in [5.74, 6) is -0.646. The van der Waals surface area contributed by atoms with Gasteiger partial charge in [0, 0.05) is 32.6 Å². The first kappa shape index (κ1) is 27.9. The van der Waals surface area contributed by atoms with Crippen LogP contribution in [0.5, 0.6) is 0 Å². The second kappa shape index (κ2) is 13.6. The molecule has 1 aromatic rings. The Morgan fingerprint density at radius 3 is 2.20 bits per heavy atom. The Kier molecular flexibility index (Phi) is 10.8. The maximum atomic E-state index is 13.2. The summed E-state index contributed by atoms with van der Waals surface area (Å²) < 4.78 is 15.6. The Hall–Kier alpha value is -3.30. The number of ether oxygens (including phenoxy) is 3. The van der Waals surface area contributed by atoms with Crippen molar-refractivity contribution >= 4 is 24.1 Å². The van der Waals surface area contributed by atoms with E-state index in [1.165, 1.54) is 0 Å². The number of alkyl carbamates (subject to hydrolysis) is 1. The number of carbonyl (C=O) groups is 4. The zero-order valence-corrected chi connectivity index (χ0v) is 21.1. The van der Waals surface area contributed by atoms with Crippen LogP contribution >= 0.6 is 0 Å². The summed E-state index contributed by atoms with van der Waals surface area (Å²) in [7, 11) is 0. The number of esters is 1. The van der Waals surface area contributed by atoms with Crippen LogP contribution in [0.2, 0.25) is 0 Å². The molecule has 35 heavy (non-hydrogen) atoms. The lowest BCUT2D eigenvalue weighted by Crippen LogP contribution is -2.56. The van der Waals surface area contributed by atoms with Gasteiger partial charge < -0.3 is 29.3 Å². The van der Waals surface area contributed by atoms with Gasteiger partial charge in [0.2, 0.25) is 5.91 Å². The van der Waals surface area contributed by atoms with Gasteiger partial charge in [-0.05, 0) is 46.1 Å². The summed E-state index contributed by atoms with van der Waals surface area (Å²) in [6.07, 6.45) is -0.395. The second-order valence-electron chi connectivity index (χ2n) is 9.25. The molecule has 3 amide bonds. The lowest BCUT2D eigenvalue weighted by Gasteiger charge is -2.35. The van der Waals surface area contributed by atoms with Gasteiger partial charge in [-0.3, -0.25) is 9.59 Å². The highest BCUT2D eigenvalue weighted by Gasteiger charge is 2.31. The highest BCUT2D eigenvalue weighted by atomic mass is 16.6. The SMILES string of the molecule is CCOC(=O)N1CCN(C(=O)C(CCCC(=O)OC(C)(C)C)NC(=O)OCc2ccccc2)CC1. The van der Waals surface area contributed by atoms with Crippen LogP contribution < -0.4 is 5.32 Å². The summed E-state index contributed by atoms with van der Waals surface area (Å²) in [5, 5.41) is 2.65. The summed E-state index contributed by atoms with van der Waals surface area (Å²) >= 11 is 0. The van der Waals surface area contributed by atoms with Crippen molar-refractivity contribution in [3.63, 3.8) is 0 Å². The van der Waals surface area contributed by atoms with Crippen molar-refractivity contribution in [2.24, 2.45) is 0 Å². The zero-order chi connectivity index (χ0) is 25.8. The molecular weight excluding hydrogens is 454 g/mol. The molecule has 1 unspecified atom stereocenters. The Bertz CT molecular complexity index is 846. The second-order valence-corrected chi connectivity index (χ2v) is 9.25. The summed E-state index contributed by atoms with van der Waals surface area (Å²) in [6, 6.07) is 8.35. The van der Waals surface area contributed by atoms with Crippen LogP contribution in [0.4, 0.5) is 9.59 Å². The molecule has 10 nitrogen and oxygen atoms in total. The van der Waals surface area contributed by atoms with Gasteiger partial charge in [0.05, 0.1) is 6.61 Å². The number of amides is 3. The third-order valence-corrected chi connectivity index (χ3v) is 5.21. The summed E-state index contributed by atoms with van der Waals surface area (Å²) in [4.78, 5) is 52.8. The lowest BCUT2D eigenvalue weighted by molar-refractivity contribution is -0.155. The molecule has 1 aliphatic heterocycles. The van der Waals surface area contributed by atoms with E-state index in [0.29, 0.717) is 32.6 Å². The highest BCUT2D eigenvalue weighted by Crippen LogP contribution is 2.13. The minimum Gasteiger partial charge on any atom is -0.460 e. The number of hydrogen-bond donors (Lipinski definition) is 1. The topological polar surface area (TPSA) is 114 Å². The number of benzene rings is 1. The van der Waals surface area contributed by atoms with Crippen LogP contribution in [0.15, 0.2) is 30.3 Å². The van der Waals surface area contributed by atoms with Crippen molar-refractivity contribution < 1.29 is 33.4 Å². The number of nitrogens with zero attached hydrogens (tertiary/aromatic N) is 2. The van der Waals surface area contributed by atoms with E-state index in [1.54, 1.807) is 37.5 Å². The molecule has 1 atom stereocenters. The third-order valence-electron chi connectivity index (χ3n) is 5.21. The molecule has 0 radical (unpaired) electrons. The fourth-order valence-electron chi connectivity index (χ4n) is 3.55. The summed E-state index contributed by atoms with van der Waals surface area (Å²) in [5.41, 5.74) is 0.232. The number of piperazine rings is 1. The Morgan fingerprint density at radius 2 is 1.60 bits per heavy atom. The van der Waals surface area contributed by atoms with Gasteiger partial charge in [-0.2, -0.15) is 0 Å². The molecule has 0 aliphatic carbocycles. The van der Waals surface area contributed by atoms with E-state index in [9.17, 15) is 19.2 Å². The van der Waals surface area contributed by atoms with Crippen molar-refractivity contribution in [1.82, 2.24) is 15.1 Å². The van der Waals surface area contributed by atoms with Gasteiger partial charge >= 0.3 is 18.2 Å². The normalized spacial score (nSPS) is 14.6. The zero-order valence-electron chi connectivity index (χ0n) is 21.1. The molecule has 1 saturated heterocycles. The quantitative estimate of drug-likeness (QED) is 0.417. The predicted molar refractivity (Wildman–Crippen MR) is 128 cm³/mol. The van der Waals surface area contributed by atoms with E-state index < -0.39 is 23.8 Å². The molecule has 1 heterocycles. The maximum absolute atomic E-state index is 13.2. The molecule has 1 aromatic carbocycles. The van der Waals surface area contributed by atoms with E-state index in [0.717, 1.165) is 5.56 Å². The predicted octanol–water partition coefficient (Wildman–Crippen LogP) is 3.09. The average molecular weight is 492 g/mol. The van der Waals surface area contributed by atoms with Gasteiger partial charge in [0.15, 0.2) is 0 Å². The van der Waals surface area contributed by atoms with Crippen LogP contribution in [-0.4, -0.2) is 78.3 Å². The van der Waals surface area contributed by atoms with Gasteiger partial charge in [0.25, 0.3) is 0 Å². The van der Waals surface area contributed by atoms with Crippen LogP contribution in [0.25, 0.3) is 0 Å². The fraction of sp³-hybridized carbons (Fsp3) is 0.600. The first-order valence-electron chi connectivity index (χ1n) is 12.0. The fourth-order valence-corrected chi connectivity index (χ4v) is 3.55. The number of carbonyl (C=O) groups excluding carboxylic acids is 4. The number of rotatable bonds is 9. The van der Waals surface area contributed by atoms with E-state index in [-0.39, 0.29) is 37.9 Å². The minimum atomic E-state index is -0.866. The van der Waals surface area contributed by atoms with Crippen molar-refractivity contribution in [3.05, 3.63) is 35.9 Å². The van der Waals surface area contributed by atoms with Gasteiger partial charge in [-0.1, -0.05) is 30.3 Å². The van der Waals surface area contributed by atoms with Crippen LogP contribution in [-0.2, 0) is 30.4 Å². The standard InChI is InChI=1S/C25H37N3O7/c1-5-33-24(32)28-16-14-27(15-17-28)22(30)20(12-9-13-21(29)35-25(2,3)4)26-23(31)34-18-19-10-7-6-8-11-19/h6-8,10-11,20H,5,9,12-18H2,1-4H3,(H,26,31). The lowest BCUT2D eigenvalue weighted by atomic mass is 10.1. The first-order valence-corrected chi connectivity index (χ1v) is 12.0. The molecular formula is C25H37N3O7. The Morgan fingerprint density at radius 1 is 0.971 bits per heavy atom. The highest BCUT2D eigenvalue weighted by molar-refractivity contribution is 5.86. The van der Waals surface area contributed by atoms with Crippen LogP contribution in [0.1, 0.15) is 52.5 Å². The van der Waals surface area contributed by atoms with Crippen molar-refractivity contribution in [3.8, 4) is 0 Å². The van der Waals surface area contributed by atoms with Gasteiger partial charge in [-0.25, -0.2) is 9.59 Å². The largest absolute Gasteiger partial charge is 0.460 e. The van der Waals surface area contributed by atoms with E-state index in [4.69, 9.17) is 14.2 Å². The Labute approximate surface area is 206 Å². The van der Waals surface area contributed by atoms with Crippen molar-refractivity contribution in [2.45, 2.75) is 65.2 Å². The molecule has 10 heteroatoms. The summed E-state index contributed by atoms with van der Waals surface area (Å²) in [6.45, 7) is 8.79. The maximum Gasteiger partial charge on any atom is 0.409 e. The average Bonchev–Trinajstić information content (AvgIpc) is 2.81.